The van der Waals surface area contributed by atoms with Crippen molar-refractivity contribution in [3.05, 3.63) is 34.9 Å². The largest absolute Gasteiger partial charge is 0.369 e. The predicted octanol–water partition coefficient (Wildman–Crippen LogP) is 2.54. The molecule has 30 heavy (non-hydrogen) atoms. The normalized spacial score (nSPS) is 19.4. The Labute approximate surface area is 185 Å². The summed E-state index contributed by atoms with van der Waals surface area (Å²) in [5.41, 5.74) is 6.71. The first-order valence-electron chi connectivity index (χ1n) is 11.2. The number of amides is 2. The molecule has 1 heterocycles. The van der Waals surface area contributed by atoms with Gasteiger partial charge < -0.3 is 10.6 Å². The van der Waals surface area contributed by atoms with Crippen LogP contribution in [0, 0.1) is 0 Å². The van der Waals surface area contributed by atoms with E-state index in [9.17, 15) is 9.59 Å². The van der Waals surface area contributed by atoms with Crippen molar-refractivity contribution >= 4 is 23.4 Å². The summed E-state index contributed by atoms with van der Waals surface area (Å²) < 4.78 is 0. The van der Waals surface area contributed by atoms with Crippen LogP contribution in [0.3, 0.4) is 0 Å². The number of hydrogen-bond acceptors (Lipinski definition) is 4. The fourth-order valence-electron chi connectivity index (χ4n) is 5.01. The van der Waals surface area contributed by atoms with E-state index in [0.717, 1.165) is 69.1 Å². The number of hydrogen-bond donors (Lipinski definition) is 1. The van der Waals surface area contributed by atoms with E-state index in [1.165, 1.54) is 12.8 Å². The third-order valence-electron chi connectivity index (χ3n) is 6.72. The topological polar surface area (TPSA) is 69.9 Å². The lowest BCUT2D eigenvalue weighted by Crippen LogP contribution is -2.61. The molecule has 166 valence electrons. The van der Waals surface area contributed by atoms with E-state index in [1.54, 1.807) is 0 Å². The average Bonchev–Trinajstić information content (AvgIpc) is 3.22. The van der Waals surface area contributed by atoms with Crippen molar-refractivity contribution in [3.63, 3.8) is 0 Å². The van der Waals surface area contributed by atoms with Gasteiger partial charge in [-0.25, -0.2) is 0 Å². The zero-order valence-corrected chi connectivity index (χ0v) is 18.9. The van der Waals surface area contributed by atoms with E-state index in [-0.39, 0.29) is 17.4 Å². The van der Waals surface area contributed by atoms with Crippen LogP contribution < -0.4 is 5.73 Å². The first-order valence-corrected chi connectivity index (χ1v) is 11.6. The molecule has 3 rings (SSSR count). The standard InChI is InChI=1S/C23H35ClN4O2/c1-2-26(17-21(25)29)18-23(11-3-4-12-23)28-15-13-27(14-16-28)22(30)10-7-19-5-8-20(24)9-6-19/h5-6,8-9H,2-4,7,10-18H2,1H3,(H2,25,29). The molecule has 1 aromatic rings. The summed E-state index contributed by atoms with van der Waals surface area (Å²) in [6.07, 6.45) is 6.07. The molecule has 0 aromatic heterocycles. The number of likely N-dealkylation sites (N-methyl/N-ethyl adjacent to an activating group) is 1. The van der Waals surface area contributed by atoms with Gasteiger partial charge in [-0.2, -0.15) is 0 Å². The molecule has 1 saturated heterocycles. The maximum Gasteiger partial charge on any atom is 0.231 e. The van der Waals surface area contributed by atoms with Crippen LogP contribution in [0.2, 0.25) is 5.02 Å². The Morgan fingerprint density at radius 2 is 1.73 bits per heavy atom. The van der Waals surface area contributed by atoms with Crippen LogP contribution in [0.5, 0.6) is 0 Å². The number of rotatable bonds is 9. The fraction of sp³-hybridized carbons (Fsp3) is 0.652. The monoisotopic (exact) mass is 434 g/mol. The average molecular weight is 435 g/mol. The van der Waals surface area contributed by atoms with Crippen molar-refractivity contribution in [3.8, 4) is 0 Å². The highest BCUT2D eigenvalue weighted by molar-refractivity contribution is 6.30. The summed E-state index contributed by atoms with van der Waals surface area (Å²) in [7, 11) is 0. The Balaban J connectivity index is 1.52. The van der Waals surface area contributed by atoms with Crippen LogP contribution in [-0.2, 0) is 16.0 Å². The van der Waals surface area contributed by atoms with Gasteiger partial charge in [0, 0.05) is 49.7 Å². The Kier molecular flexibility index (Phi) is 8.14. The van der Waals surface area contributed by atoms with E-state index in [2.05, 4.69) is 16.7 Å². The van der Waals surface area contributed by atoms with E-state index in [1.807, 2.05) is 29.2 Å². The second kappa shape index (κ2) is 10.6. The smallest absolute Gasteiger partial charge is 0.231 e. The van der Waals surface area contributed by atoms with Gasteiger partial charge in [0.05, 0.1) is 6.54 Å². The van der Waals surface area contributed by atoms with Crippen LogP contribution in [0.1, 0.15) is 44.6 Å². The first-order chi connectivity index (χ1) is 14.4. The van der Waals surface area contributed by atoms with Gasteiger partial charge in [-0.3, -0.25) is 19.4 Å². The number of halogens is 1. The second-order valence-corrected chi connectivity index (χ2v) is 9.13. The van der Waals surface area contributed by atoms with E-state index < -0.39 is 0 Å². The minimum absolute atomic E-state index is 0.115. The molecule has 7 heteroatoms. The molecule has 0 bridgehead atoms. The molecular formula is C23H35ClN4O2. The van der Waals surface area contributed by atoms with Gasteiger partial charge >= 0.3 is 0 Å². The van der Waals surface area contributed by atoms with Crippen molar-refractivity contribution < 1.29 is 9.59 Å². The molecule has 1 saturated carbocycles. The molecule has 0 atom stereocenters. The Morgan fingerprint density at radius 1 is 1.10 bits per heavy atom. The van der Waals surface area contributed by atoms with E-state index in [4.69, 9.17) is 17.3 Å². The number of primary amides is 1. The van der Waals surface area contributed by atoms with Gasteiger partial charge in [0.15, 0.2) is 0 Å². The molecule has 2 fully saturated rings. The Hall–Kier alpha value is -1.63. The highest BCUT2D eigenvalue weighted by Gasteiger charge is 2.42. The number of aryl methyl sites for hydroxylation is 1. The third-order valence-corrected chi connectivity index (χ3v) is 6.97. The fourth-order valence-corrected chi connectivity index (χ4v) is 5.14. The SMILES string of the molecule is CCN(CC(N)=O)CC1(N2CCN(C(=O)CCc3ccc(Cl)cc3)CC2)CCCC1. The molecule has 1 aromatic carbocycles. The number of piperazine rings is 1. The minimum atomic E-state index is -0.263. The molecule has 0 spiro atoms. The maximum absolute atomic E-state index is 12.7. The number of carbonyl (C=O) groups excluding carboxylic acids is 2. The molecule has 0 radical (unpaired) electrons. The Morgan fingerprint density at radius 3 is 2.30 bits per heavy atom. The zero-order chi connectivity index (χ0) is 21.6. The highest BCUT2D eigenvalue weighted by Crippen LogP contribution is 2.36. The van der Waals surface area contributed by atoms with Crippen molar-refractivity contribution in [1.29, 1.82) is 0 Å². The van der Waals surface area contributed by atoms with Gasteiger partial charge in [-0.15, -0.1) is 0 Å². The minimum Gasteiger partial charge on any atom is -0.369 e. The van der Waals surface area contributed by atoms with Crippen LogP contribution in [0.4, 0.5) is 0 Å². The molecule has 2 N–H and O–H groups in total. The number of benzene rings is 1. The highest BCUT2D eigenvalue weighted by atomic mass is 35.5. The van der Waals surface area contributed by atoms with Crippen molar-refractivity contribution in [2.45, 2.75) is 51.0 Å². The molecule has 6 nitrogen and oxygen atoms in total. The van der Waals surface area contributed by atoms with Gasteiger partial charge in [-0.05, 0) is 43.5 Å². The summed E-state index contributed by atoms with van der Waals surface area (Å²) in [4.78, 5) is 30.9. The molecule has 0 unspecified atom stereocenters. The first kappa shape index (κ1) is 23.0. The lowest BCUT2D eigenvalue weighted by atomic mass is 9.93. The van der Waals surface area contributed by atoms with Gasteiger partial charge in [0.1, 0.15) is 0 Å². The Bertz CT molecular complexity index is 710. The van der Waals surface area contributed by atoms with Gasteiger partial charge in [0.2, 0.25) is 11.8 Å². The lowest BCUT2D eigenvalue weighted by molar-refractivity contribution is -0.134. The number of nitrogens with two attached hydrogens (primary N) is 1. The summed E-state index contributed by atoms with van der Waals surface area (Å²) in [5, 5.41) is 0.722. The van der Waals surface area contributed by atoms with Gasteiger partial charge in [0.25, 0.3) is 0 Å². The van der Waals surface area contributed by atoms with Crippen molar-refractivity contribution in [1.82, 2.24) is 14.7 Å². The summed E-state index contributed by atoms with van der Waals surface area (Å²) >= 11 is 5.93. The van der Waals surface area contributed by atoms with E-state index >= 15 is 0 Å². The lowest BCUT2D eigenvalue weighted by Gasteiger charge is -2.48. The van der Waals surface area contributed by atoms with Crippen LogP contribution in [0.15, 0.2) is 24.3 Å². The maximum atomic E-state index is 12.7. The summed E-state index contributed by atoms with van der Waals surface area (Å²) in [5.74, 6) is -0.0323. The zero-order valence-electron chi connectivity index (χ0n) is 18.1. The summed E-state index contributed by atoms with van der Waals surface area (Å²) in [6, 6.07) is 7.73. The van der Waals surface area contributed by atoms with Crippen LogP contribution in [-0.4, -0.2) is 77.9 Å². The predicted molar refractivity (Wildman–Crippen MR) is 120 cm³/mol. The van der Waals surface area contributed by atoms with Gasteiger partial charge in [-0.1, -0.05) is 43.5 Å². The van der Waals surface area contributed by atoms with Crippen molar-refractivity contribution in [2.24, 2.45) is 5.73 Å². The number of nitrogens with zero attached hydrogens (tertiary/aromatic N) is 3. The van der Waals surface area contributed by atoms with Crippen LogP contribution in [0.25, 0.3) is 0 Å². The molecule has 1 aliphatic heterocycles. The molecule has 2 amide bonds. The molecular weight excluding hydrogens is 400 g/mol. The third kappa shape index (κ3) is 5.96. The second-order valence-electron chi connectivity index (χ2n) is 8.70. The molecule has 1 aliphatic carbocycles. The van der Waals surface area contributed by atoms with Crippen LogP contribution >= 0.6 is 11.6 Å². The quantitative estimate of drug-likeness (QED) is 0.648. The molecule has 2 aliphatic rings. The van der Waals surface area contributed by atoms with E-state index in [0.29, 0.717) is 13.0 Å². The summed E-state index contributed by atoms with van der Waals surface area (Å²) in [6.45, 7) is 7.49. The number of carbonyl (C=O) groups is 2. The van der Waals surface area contributed by atoms with Crippen molar-refractivity contribution in [2.75, 3.05) is 45.8 Å².